The molecule has 3 aromatic heterocycles. The van der Waals surface area contributed by atoms with Gasteiger partial charge in [-0.3, -0.25) is 4.79 Å². The summed E-state index contributed by atoms with van der Waals surface area (Å²) in [5.41, 5.74) is 3.18. The Bertz CT molecular complexity index is 1130. The molecule has 1 aromatic carbocycles. The Morgan fingerprint density at radius 1 is 1.32 bits per heavy atom. The highest BCUT2D eigenvalue weighted by Gasteiger charge is 2.14. The summed E-state index contributed by atoms with van der Waals surface area (Å²) in [5, 5.41) is 14.9. The van der Waals surface area contributed by atoms with Gasteiger partial charge in [0.2, 0.25) is 0 Å². The number of carboxylic acids is 1. The van der Waals surface area contributed by atoms with Crippen molar-refractivity contribution in [1.82, 2.24) is 14.6 Å². The van der Waals surface area contributed by atoms with Gasteiger partial charge in [-0.15, -0.1) is 11.3 Å². The fourth-order valence-electron chi connectivity index (χ4n) is 2.64. The summed E-state index contributed by atoms with van der Waals surface area (Å²) in [6, 6.07) is 11.2. The van der Waals surface area contributed by atoms with Crippen LogP contribution in [-0.4, -0.2) is 25.7 Å². The van der Waals surface area contributed by atoms with Crippen molar-refractivity contribution in [3.8, 4) is 0 Å². The van der Waals surface area contributed by atoms with Gasteiger partial charge in [0.05, 0.1) is 28.4 Å². The quantitative estimate of drug-likeness (QED) is 0.570. The van der Waals surface area contributed by atoms with E-state index in [1.165, 1.54) is 11.3 Å². The average Bonchev–Trinajstić information content (AvgIpc) is 3.18. The van der Waals surface area contributed by atoms with Crippen LogP contribution in [0, 0.1) is 0 Å². The summed E-state index contributed by atoms with van der Waals surface area (Å²) in [6.45, 7) is 0. The maximum Gasteiger partial charge on any atom is 0.307 e. The molecule has 0 saturated heterocycles. The van der Waals surface area contributed by atoms with E-state index in [1.54, 1.807) is 22.8 Å². The standard InChI is InChI=1S/C18H12ClN3O2S/c19-13-4-5-16-14(9-13)21-18(25-16)11(8-17(23)24)7-12-10-20-22-6-2-1-3-15(12)22/h1-7,9-10H,8H2,(H,23,24)/b11-7+. The number of hydrogen-bond acceptors (Lipinski definition) is 4. The van der Waals surface area contributed by atoms with Crippen molar-refractivity contribution >= 4 is 56.3 Å². The van der Waals surface area contributed by atoms with Crippen LogP contribution < -0.4 is 0 Å². The fourth-order valence-corrected chi connectivity index (χ4v) is 3.77. The Morgan fingerprint density at radius 3 is 3.04 bits per heavy atom. The Balaban J connectivity index is 1.85. The highest BCUT2D eigenvalue weighted by molar-refractivity contribution is 7.19. The fraction of sp³-hybridized carbons (Fsp3) is 0.0556. The Hall–Kier alpha value is -2.70. The number of fused-ring (bicyclic) bond motifs is 2. The molecule has 0 atom stereocenters. The Kier molecular flexibility index (Phi) is 3.99. The third-order valence-corrected chi connectivity index (χ3v) is 5.10. The van der Waals surface area contributed by atoms with Gasteiger partial charge in [0.1, 0.15) is 5.01 Å². The highest BCUT2D eigenvalue weighted by Crippen LogP contribution is 2.32. The molecule has 3 heterocycles. The number of halogens is 1. The number of carbonyl (C=O) groups is 1. The van der Waals surface area contributed by atoms with Crippen LogP contribution in [0.2, 0.25) is 5.02 Å². The summed E-state index contributed by atoms with van der Waals surface area (Å²) in [5.74, 6) is -0.903. The first-order valence-electron chi connectivity index (χ1n) is 7.51. The van der Waals surface area contributed by atoms with E-state index in [2.05, 4.69) is 10.1 Å². The highest BCUT2D eigenvalue weighted by atomic mass is 35.5. The monoisotopic (exact) mass is 369 g/mol. The lowest BCUT2D eigenvalue weighted by atomic mass is 10.1. The lowest BCUT2D eigenvalue weighted by Gasteiger charge is -2.00. The Morgan fingerprint density at radius 2 is 2.20 bits per heavy atom. The van der Waals surface area contributed by atoms with Crippen LogP contribution in [-0.2, 0) is 4.79 Å². The number of carboxylic acid groups (broad SMARTS) is 1. The normalized spacial score (nSPS) is 12.1. The van der Waals surface area contributed by atoms with Gasteiger partial charge in [-0.2, -0.15) is 5.10 Å². The van der Waals surface area contributed by atoms with Crippen molar-refractivity contribution in [2.45, 2.75) is 6.42 Å². The second kappa shape index (κ2) is 6.31. The molecule has 0 radical (unpaired) electrons. The van der Waals surface area contributed by atoms with Gasteiger partial charge in [-0.1, -0.05) is 17.7 Å². The van der Waals surface area contributed by atoms with E-state index in [1.807, 2.05) is 36.5 Å². The zero-order chi connectivity index (χ0) is 17.4. The van der Waals surface area contributed by atoms with Crippen LogP contribution in [0.4, 0.5) is 0 Å². The first-order valence-corrected chi connectivity index (χ1v) is 8.71. The maximum absolute atomic E-state index is 11.3. The van der Waals surface area contributed by atoms with Crippen molar-refractivity contribution in [2.75, 3.05) is 0 Å². The number of pyridine rings is 1. The molecule has 4 rings (SSSR count). The number of nitrogens with zero attached hydrogens (tertiary/aromatic N) is 3. The van der Waals surface area contributed by atoms with Crippen molar-refractivity contribution in [2.24, 2.45) is 0 Å². The molecule has 1 N–H and O–H groups in total. The number of thiazole rings is 1. The third-order valence-electron chi connectivity index (χ3n) is 3.75. The number of benzene rings is 1. The minimum absolute atomic E-state index is 0.113. The van der Waals surface area contributed by atoms with Gasteiger partial charge in [-0.05, 0) is 42.0 Å². The Labute approximate surface area is 151 Å². The molecule has 0 fully saturated rings. The van der Waals surface area contributed by atoms with E-state index in [0.29, 0.717) is 15.6 Å². The van der Waals surface area contributed by atoms with Gasteiger partial charge in [-0.25, -0.2) is 9.50 Å². The molecular formula is C18H12ClN3O2S. The molecule has 0 aliphatic carbocycles. The predicted octanol–water partition coefficient (Wildman–Crippen LogP) is 4.61. The maximum atomic E-state index is 11.3. The molecule has 0 spiro atoms. The van der Waals surface area contributed by atoms with Gasteiger partial charge in [0.25, 0.3) is 0 Å². The second-order valence-corrected chi connectivity index (χ2v) is 6.97. The molecule has 0 aliphatic rings. The van der Waals surface area contributed by atoms with Crippen molar-refractivity contribution in [3.63, 3.8) is 0 Å². The number of aliphatic carboxylic acids is 1. The predicted molar refractivity (Wildman–Crippen MR) is 99.9 cm³/mol. The number of hydrogen-bond donors (Lipinski definition) is 1. The summed E-state index contributed by atoms with van der Waals surface area (Å²) in [7, 11) is 0. The SMILES string of the molecule is O=C(O)C/C(=C\c1cnn2ccccc12)c1nc2cc(Cl)ccc2s1. The molecule has 4 aromatic rings. The lowest BCUT2D eigenvalue weighted by molar-refractivity contribution is -0.135. The van der Waals surface area contributed by atoms with Crippen LogP contribution in [0.3, 0.4) is 0 Å². The summed E-state index contributed by atoms with van der Waals surface area (Å²) >= 11 is 7.47. The van der Waals surface area contributed by atoms with Gasteiger partial charge in [0.15, 0.2) is 0 Å². The first kappa shape index (κ1) is 15.8. The zero-order valence-electron chi connectivity index (χ0n) is 12.9. The molecule has 0 unspecified atom stereocenters. The van der Waals surface area contributed by atoms with E-state index >= 15 is 0 Å². The minimum Gasteiger partial charge on any atom is -0.481 e. The van der Waals surface area contributed by atoms with Crippen molar-refractivity contribution in [3.05, 3.63) is 64.4 Å². The molecule has 7 heteroatoms. The van der Waals surface area contributed by atoms with Crippen molar-refractivity contribution < 1.29 is 9.90 Å². The van der Waals surface area contributed by atoms with E-state index in [9.17, 15) is 9.90 Å². The number of rotatable bonds is 4. The molecule has 0 aliphatic heterocycles. The van der Waals surface area contributed by atoms with Crippen LogP contribution in [0.5, 0.6) is 0 Å². The van der Waals surface area contributed by atoms with Crippen LogP contribution in [0.15, 0.2) is 48.8 Å². The minimum atomic E-state index is -0.903. The van der Waals surface area contributed by atoms with E-state index in [-0.39, 0.29) is 6.42 Å². The second-order valence-electron chi connectivity index (χ2n) is 5.50. The largest absolute Gasteiger partial charge is 0.481 e. The van der Waals surface area contributed by atoms with Crippen LogP contribution in [0.25, 0.3) is 27.4 Å². The van der Waals surface area contributed by atoms with Gasteiger partial charge >= 0.3 is 5.97 Å². The topological polar surface area (TPSA) is 67.5 Å². The molecule has 0 amide bonds. The molecule has 0 saturated carbocycles. The van der Waals surface area contributed by atoms with Gasteiger partial charge < -0.3 is 5.11 Å². The smallest absolute Gasteiger partial charge is 0.307 e. The zero-order valence-corrected chi connectivity index (χ0v) is 14.5. The summed E-state index contributed by atoms with van der Waals surface area (Å²) < 4.78 is 2.72. The van der Waals surface area contributed by atoms with Crippen LogP contribution >= 0.6 is 22.9 Å². The lowest BCUT2D eigenvalue weighted by Crippen LogP contribution is -1.97. The van der Waals surface area contributed by atoms with E-state index < -0.39 is 5.97 Å². The molecule has 124 valence electrons. The molecule has 5 nitrogen and oxygen atoms in total. The third kappa shape index (κ3) is 3.14. The molecular weight excluding hydrogens is 358 g/mol. The van der Waals surface area contributed by atoms with Crippen LogP contribution in [0.1, 0.15) is 17.0 Å². The average molecular weight is 370 g/mol. The first-order chi connectivity index (χ1) is 12.1. The summed E-state index contributed by atoms with van der Waals surface area (Å²) in [6.07, 6.45) is 5.30. The summed E-state index contributed by atoms with van der Waals surface area (Å²) in [4.78, 5) is 15.9. The number of aromatic nitrogens is 3. The molecule has 0 bridgehead atoms. The van der Waals surface area contributed by atoms with Gasteiger partial charge in [0, 0.05) is 16.8 Å². The molecule has 25 heavy (non-hydrogen) atoms. The van der Waals surface area contributed by atoms with E-state index in [4.69, 9.17) is 11.6 Å². The van der Waals surface area contributed by atoms with Crippen molar-refractivity contribution in [1.29, 1.82) is 0 Å². The van der Waals surface area contributed by atoms with E-state index in [0.717, 1.165) is 21.3 Å².